The molecule has 0 saturated carbocycles. The van der Waals surface area contributed by atoms with Gasteiger partial charge in [0.25, 0.3) is 0 Å². The van der Waals surface area contributed by atoms with Gasteiger partial charge in [0.2, 0.25) is 0 Å². The van der Waals surface area contributed by atoms with Gasteiger partial charge in [-0.25, -0.2) is 0 Å². The van der Waals surface area contributed by atoms with E-state index in [1.807, 2.05) is 0 Å². The summed E-state index contributed by atoms with van der Waals surface area (Å²) in [5, 5.41) is 0. The number of ether oxygens (including phenoxy) is 2. The predicted molar refractivity (Wildman–Crippen MR) is 162 cm³/mol. The molecule has 0 spiro atoms. The number of ketones is 1. The van der Waals surface area contributed by atoms with Crippen LogP contribution in [0.4, 0.5) is 0 Å². The average molecular weight is 540 g/mol. The maximum atomic E-state index is 12.6. The number of rotatable bonds is 6. The molecule has 0 bridgehead atoms. The highest BCUT2D eigenvalue weighted by Crippen LogP contribution is 2.43. The van der Waals surface area contributed by atoms with Crippen LogP contribution in [0.1, 0.15) is 101 Å². The first kappa shape index (κ1) is 28.4. The summed E-state index contributed by atoms with van der Waals surface area (Å²) in [6, 6.07) is 22.1. The summed E-state index contributed by atoms with van der Waals surface area (Å²) in [5.41, 5.74) is 7.59. The lowest BCUT2D eigenvalue weighted by Gasteiger charge is -2.44. The zero-order chi connectivity index (χ0) is 28.7. The van der Waals surface area contributed by atoms with Crippen molar-refractivity contribution < 1.29 is 14.3 Å². The Bertz CT molecular complexity index is 1340. The standard InChI is InChI=1S/C36H45NO3/c1-24-18-30(38)20-32-31-21-34(40-23-26-10-14-29(15-11-26)36(5,6)7)33(19-27(31)16-17-37(24)32)39-22-25-8-12-28(13-9-25)35(2,3)4/h8-15,19,21,24,32H,16-18,20,22-23H2,1-7H3/t24-,32+/m1/s1. The molecule has 212 valence electrons. The second-order valence-corrected chi connectivity index (χ2v) is 13.8. The van der Waals surface area contributed by atoms with Gasteiger partial charge in [0, 0.05) is 31.5 Å². The van der Waals surface area contributed by atoms with Crippen LogP contribution in [0, 0.1) is 0 Å². The van der Waals surface area contributed by atoms with Crippen molar-refractivity contribution in [1.29, 1.82) is 0 Å². The van der Waals surface area contributed by atoms with E-state index in [0.717, 1.165) is 35.6 Å². The quantitative estimate of drug-likeness (QED) is 0.317. The molecule has 3 aromatic carbocycles. The molecule has 2 aliphatic heterocycles. The van der Waals surface area contributed by atoms with Crippen LogP contribution >= 0.6 is 0 Å². The Morgan fingerprint density at radius 2 is 1.25 bits per heavy atom. The number of nitrogens with zero attached hydrogens (tertiary/aromatic N) is 1. The van der Waals surface area contributed by atoms with Crippen molar-refractivity contribution in [3.8, 4) is 11.5 Å². The number of carbonyl (C=O) groups excluding carboxylic acids is 1. The van der Waals surface area contributed by atoms with Crippen LogP contribution in [0.3, 0.4) is 0 Å². The smallest absolute Gasteiger partial charge is 0.162 e. The second kappa shape index (κ2) is 11.0. The number of hydrogen-bond acceptors (Lipinski definition) is 4. The van der Waals surface area contributed by atoms with Gasteiger partial charge < -0.3 is 9.47 Å². The first-order valence-corrected chi connectivity index (χ1v) is 14.8. The van der Waals surface area contributed by atoms with Crippen molar-refractivity contribution in [2.45, 2.75) is 104 Å². The van der Waals surface area contributed by atoms with Gasteiger partial charge in [0.05, 0.1) is 0 Å². The van der Waals surface area contributed by atoms with Crippen LogP contribution in [-0.4, -0.2) is 23.3 Å². The van der Waals surface area contributed by atoms with E-state index in [9.17, 15) is 4.79 Å². The number of benzene rings is 3. The summed E-state index contributed by atoms with van der Waals surface area (Å²) in [5.74, 6) is 1.87. The fourth-order valence-electron chi connectivity index (χ4n) is 5.98. The van der Waals surface area contributed by atoms with Crippen molar-refractivity contribution in [2.24, 2.45) is 0 Å². The summed E-state index contributed by atoms with van der Waals surface area (Å²) >= 11 is 0. The predicted octanol–water partition coefficient (Wildman–Crippen LogP) is 8.09. The lowest BCUT2D eigenvalue weighted by Crippen LogP contribution is -2.46. The highest BCUT2D eigenvalue weighted by molar-refractivity contribution is 5.81. The monoisotopic (exact) mass is 539 g/mol. The Morgan fingerprint density at radius 1 is 0.750 bits per heavy atom. The molecular weight excluding hydrogens is 494 g/mol. The van der Waals surface area contributed by atoms with E-state index in [1.54, 1.807) is 0 Å². The van der Waals surface area contributed by atoms with Gasteiger partial charge in [-0.1, -0.05) is 90.1 Å². The molecule has 1 saturated heterocycles. The minimum absolute atomic E-state index is 0.115. The molecule has 2 atom stereocenters. The molecule has 0 radical (unpaired) electrons. The molecule has 2 aliphatic rings. The van der Waals surface area contributed by atoms with Gasteiger partial charge in [-0.05, 0) is 69.7 Å². The fraction of sp³-hybridized carbons (Fsp3) is 0.472. The molecule has 40 heavy (non-hydrogen) atoms. The Balaban J connectivity index is 1.41. The molecule has 0 aromatic heterocycles. The van der Waals surface area contributed by atoms with Crippen molar-refractivity contribution >= 4 is 5.78 Å². The van der Waals surface area contributed by atoms with E-state index in [4.69, 9.17) is 9.47 Å². The number of piperidine rings is 1. The third kappa shape index (κ3) is 6.28. The van der Waals surface area contributed by atoms with Crippen LogP contribution in [0.2, 0.25) is 0 Å². The van der Waals surface area contributed by atoms with Gasteiger partial charge in [-0.3, -0.25) is 9.69 Å². The van der Waals surface area contributed by atoms with Gasteiger partial charge in [-0.2, -0.15) is 0 Å². The second-order valence-electron chi connectivity index (χ2n) is 13.8. The van der Waals surface area contributed by atoms with Crippen molar-refractivity contribution in [3.05, 3.63) is 94.0 Å². The maximum Gasteiger partial charge on any atom is 0.162 e. The summed E-state index contributed by atoms with van der Waals surface area (Å²) in [6.45, 7) is 17.5. The molecule has 4 nitrogen and oxygen atoms in total. The SMILES string of the molecule is C[C@@H]1CC(=O)C[C@H]2c3cc(OCc4ccc(C(C)(C)C)cc4)c(OCc4ccc(C(C)(C)C)cc4)cc3CCN12. The summed E-state index contributed by atoms with van der Waals surface area (Å²) in [6.07, 6.45) is 2.18. The minimum atomic E-state index is 0.115. The molecule has 0 amide bonds. The minimum Gasteiger partial charge on any atom is -0.485 e. The van der Waals surface area contributed by atoms with Crippen LogP contribution in [-0.2, 0) is 35.3 Å². The van der Waals surface area contributed by atoms with Gasteiger partial charge in [-0.15, -0.1) is 0 Å². The first-order chi connectivity index (χ1) is 18.9. The highest BCUT2D eigenvalue weighted by atomic mass is 16.5. The molecular formula is C36H45NO3. The molecule has 4 heteroatoms. The van der Waals surface area contributed by atoms with E-state index in [0.29, 0.717) is 31.8 Å². The number of carbonyl (C=O) groups is 1. The van der Waals surface area contributed by atoms with E-state index in [2.05, 4.69) is 114 Å². The summed E-state index contributed by atoms with van der Waals surface area (Å²) in [7, 11) is 0. The lowest BCUT2D eigenvalue weighted by molar-refractivity contribution is -0.125. The van der Waals surface area contributed by atoms with Crippen molar-refractivity contribution in [2.75, 3.05) is 6.54 Å². The topological polar surface area (TPSA) is 38.8 Å². The normalized spacial score (nSPS) is 19.6. The van der Waals surface area contributed by atoms with E-state index in [1.165, 1.54) is 22.3 Å². The van der Waals surface area contributed by atoms with Crippen LogP contribution in [0.5, 0.6) is 11.5 Å². The average Bonchev–Trinajstić information content (AvgIpc) is 2.90. The highest BCUT2D eigenvalue weighted by Gasteiger charge is 2.37. The Labute approximate surface area is 240 Å². The molecule has 0 unspecified atom stereocenters. The third-order valence-corrected chi connectivity index (χ3v) is 8.54. The zero-order valence-corrected chi connectivity index (χ0v) is 25.3. The molecule has 0 N–H and O–H groups in total. The Kier molecular flexibility index (Phi) is 7.85. The van der Waals surface area contributed by atoms with E-state index >= 15 is 0 Å². The molecule has 2 heterocycles. The maximum absolute atomic E-state index is 12.6. The Morgan fingerprint density at radius 3 is 1.75 bits per heavy atom. The number of Topliss-reactive ketones (excluding diaryl/α,β-unsaturated/α-hetero) is 1. The van der Waals surface area contributed by atoms with Crippen LogP contribution < -0.4 is 9.47 Å². The molecule has 1 fully saturated rings. The van der Waals surface area contributed by atoms with Gasteiger partial charge in [0.15, 0.2) is 11.5 Å². The fourth-order valence-corrected chi connectivity index (χ4v) is 5.98. The molecule has 3 aromatic rings. The van der Waals surface area contributed by atoms with E-state index in [-0.39, 0.29) is 22.9 Å². The van der Waals surface area contributed by atoms with Crippen LogP contribution in [0.15, 0.2) is 60.7 Å². The third-order valence-electron chi connectivity index (χ3n) is 8.54. The molecule has 5 rings (SSSR count). The summed E-state index contributed by atoms with van der Waals surface area (Å²) < 4.78 is 12.9. The first-order valence-electron chi connectivity index (χ1n) is 14.8. The largest absolute Gasteiger partial charge is 0.485 e. The van der Waals surface area contributed by atoms with Crippen LogP contribution in [0.25, 0.3) is 0 Å². The zero-order valence-electron chi connectivity index (χ0n) is 25.3. The lowest BCUT2D eigenvalue weighted by atomic mass is 9.84. The van der Waals surface area contributed by atoms with Gasteiger partial charge in [0.1, 0.15) is 19.0 Å². The number of fused-ring (bicyclic) bond motifs is 3. The van der Waals surface area contributed by atoms with Crippen molar-refractivity contribution in [3.63, 3.8) is 0 Å². The van der Waals surface area contributed by atoms with Gasteiger partial charge >= 0.3 is 0 Å². The summed E-state index contributed by atoms with van der Waals surface area (Å²) in [4.78, 5) is 15.1. The van der Waals surface area contributed by atoms with E-state index < -0.39 is 0 Å². The van der Waals surface area contributed by atoms with Crippen molar-refractivity contribution in [1.82, 2.24) is 4.90 Å². The number of hydrogen-bond donors (Lipinski definition) is 0. The Hall–Kier alpha value is -3.11. The molecule has 0 aliphatic carbocycles.